The minimum Gasteiger partial charge on any atom is -0.387 e. The van der Waals surface area contributed by atoms with Crippen LogP contribution in [-0.4, -0.2) is 30.5 Å². The molecule has 2 fully saturated rings. The van der Waals surface area contributed by atoms with Gasteiger partial charge in [-0.1, -0.05) is 13.8 Å². The summed E-state index contributed by atoms with van der Waals surface area (Å²) in [6.07, 6.45) is 5.15. The number of aliphatic hydroxyl groups is 1. The molecule has 0 radical (unpaired) electrons. The molecule has 3 N–H and O–H groups in total. The average Bonchev–Trinajstić information content (AvgIpc) is 2.67. The maximum Gasteiger partial charge on any atom is 0.0969 e. The molecule has 3 nitrogen and oxygen atoms in total. The maximum atomic E-state index is 10.7. The number of hydrogen-bond acceptors (Lipinski definition) is 3. The van der Waals surface area contributed by atoms with Crippen molar-refractivity contribution in [1.29, 1.82) is 0 Å². The minimum absolute atomic E-state index is 0.0982. The van der Waals surface area contributed by atoms with Crippen molar-refractivity contribution in [2.24, 2.45) is 16.6 Å². The van der Waals surface area contributed by atoms with E-state index in [2.05, 4.69) is 13.8 Å². The first-order valence-electron chi connectivity index (χ1n) is 6.43. The van der Waals surface area contributed by atoms with Crippen molar-refractivity contribution in [2.75, 3.05) is 19.8 Å². The van der Waals surface area contributed by atoms with Crippen molar-refractivity contribution < 1.29 is 9.84 Å². The number of nitrogens with two attached hydrogens (primary N) is 1. The summed E-state index contributed by atoms with van der Waals surface area (Å²) < 4.78 is 5.39. The summed E-state index contributed by atoms with van der Waals surface area (Å²) in [4.78, 5) is 0. The van der Waals surface area contributed by atoms with Gasteiger partial charge in [0.05, 0.1) is 12.2 Å². The Morgan fingerprint density at radius 2 is 1.75 bits per heavy atom. The lowest BCUT2D eigenvalue weighted by molar-refractivity contribution is -0.112. The molecule has 1 aliphatic heterocycles. The fourth-order valence-corrected chi connectivity index (χ4v) is 3.24. The highest BCUT2D eigenvalue weighted by Crippen LogP contribution is 2.52. The highest BCUT2D eigenvalue weighted by Gasteiger charge is 2.53. The highest BCUT2D eigenvalue weighted by atomic mass is 16.5. The summed E-state index contributed by atoms with van der Waals surface area (Å²) in [6.45, 7) is 6.36. The third-order valence-electron chi connectivity index (χ3n) is 4.94. The monoisotopic (exact) mass is 227 g/mol. The molecular weight excluding hydrogens is 202 g/mol. The van der Waals surface area contributed by atoms with Gasteiger partial charge >= 0.3 is 0 Å². The smallest absolute Gasteiger partial charge is 0.0969 e. The van der Waals surface area contributed by atoms with Crippen LogP contribution in [0.2, 0.25) is 0 Å². The first kappa shape index (κ1) is 12.3. The Morgan fingerprint density at radius 3 is 2.19 bits per heavy atom. The van der Waals surface area contributed by atoms with Crippen LogP contribution in [0.3, 0.4) is 0 Å². The molecule has 1 saturated carbocycles. The van der Waals surface area contributed by atoms with E-state index in [1.54, 1.807) is 0 Å². The molecule has 0 aromatic rings. The minimum atomic E-state index is -0.668. The Kier molecular flexibility index (Phi) is 3.06. The van der Waals surface area contributed by atoms with Gasteiger partial charge in [0, 0.05) is 25.0 Å². The zero-order chi connectivity index (χ0) is 11.9. The zero-order valence-electron chi connectivity index (χ0n) is 10.6. The summed E-state index contributed by atoms with van der Waals surface area (Å²) in [5.41, 5.74) is 5.62. The molecule has 0 aromatic heterocycles. The van der Waals surface area contributed by atoms with E-state index in [1.165, 1.54) is 0 Å². The first-order chi connectivity index (χ1) is 7.43. The second-order valence-electron chi connectivity index (χ2n) is 6.48. The van der Waals surface area contributed by atoms with Gasteiger partial charge in [-0.3, -0.25) is 0 Å². The number of rotatable bonds is 2. The van der Waals surface area contributed by atoms with Crippen LogP contribution in [0.5, 0.6) is 0 Å². The molecule has 0 amide bonds. The predicted molar refractivity (Wildman–Crippen MR) is 64.1 cm³/mol. The molecule has 0 bridgehead atoms. The normalized spacial score (nSPS) is 37.5. The number of hydrogen-bond donors (Lipinski definition) is 2. The molecule has 3 heteroatoms. The van der Waals surface area contributed by atoms with Gasteiger partial charge in [0.1, 0.15) is 0 Å². The molecule has 1 unspecified atom stereocenters. The Balaban J connectivity index is 2.15. The van der Waals surface area contributed by atoms with Crippen LogP contribution in [0, 0.1) is 10.8 Å². The van der Waals surface area contributed by atoms with E-state index >= 15 is 0 Å². The van der Waals surface area contributed by atoms with E-state index in [-0.39, 0.29) is 5.41 Å². The van der Waals surface area contributed by atoms with Crippen molar-refractivity contribution in [1.82, 2.24) is 0 Å². The third-order valence-corrected chi connectivity index (χ3v) is 4.94. The van der Waals surface area contributed by atoms with Crippen LogP contribution in [0.15, 0.2) is 0 Å². The van der Waals surface area contributed by atoms with Crippen LogP contribution in [0.25, 0.3) is 0 Å². The van der Waals surface area contributed by atoms with E-state index < -0.39 is 5.60 Å². The lowest BCUT2D eigenvalue weighted by atomic mass is 9.58. The molecule has 1 aliphatic carbocycles. The molecule has 0 aromatic carbocycles. The molecule has 2 rings (SSSR count). The van der Waals surface area contributed by atoms with Crippen LogP contribution >= 0.6 is 0 Å². The Bertz CT molecular complexity index is 247. The van der Waals surface area contributed by atoms with Gasteiger partial charge in [-0.15, -0.1) is 0 Å². The first-order valence-corrected chi connectivity index (χ1v) is 6.43. The molecule has 2 aliphatic rings. The summed E-state index contributed by atoms with van der Waals surface area (Å²) >= 11 is 0. The summed E-state index contributed by atoms with van der Waals surface area (Å²) in [5.74, 6) is 0. The molecular formula is C13H25NO2. The largest absolute Gasteiger partial charge is 0.387 e. The van der Waals surface area contributed by atoms with Crippen LogP contribution in [0.4, 0.5) is 0 Å². The maximum absolute atomic E-state index is 10.7. The molecule has 1 saturated heterocycles. The van der Waals surface area contributed by atoms with Crippen LogP contribution in [-0.2, 0) is 4.74 Å². The fraction of sp³-hybridized carbons (Fsp3) is 1.00. The quantitative estimate of drug-likeness (QED) is 0.754. The van der Waals surface area contributed by atoms with E-state index in [1.807, 2.05) is 0 Å². The molecule has 1 atom stereocenters. The van der Waals surface area contributed by atoms with E-state index in [4.69, 9.17) is 10.5 Å². The van der Waals surface area contributed by atoms with E-state index in [0.717, 1.165) is 32.1 Å². The second-order valence-corrected chi connectivity index (χ2v) is 6.48. The Hall–Kier alpha value is -0.120. The van der Waals surface area contributed by atoms with Gasteiger partial charge < -0.3 is 15.6 Å². The standard InChI is InChI=1S/C13H25NO2/c1-11(2)3-5-12(9-14,6-4-11)13(15)7-8-16-10-13/h15H,3-10,14H2,1-2H3. The number of ether oxygens (including phenoxy) is 1. The van der Waals surface area contributed by atoms with E-state index in [9.17, 15) is 5.11 Å². The summed E-state index contributed by atoms with van der Waals surface area (Å²) in [6, 6.07) is 0. The summed E-state index contributed by atoms with van der Waals surface area (Å²) in [7, 11) is 0. The summed E-state index contributed by atoms with van der Waals surface area (Å²) in [5, 5.41) is 10.7. The lowest BCUT2D eigenvalue weighted by Gasteiger charge is -2.50. The topological polar surface area (TPSA) is 55.5 Å². The van der Waals surface area contributed by atoms with Crippen molar-refractivity contribution in [3.05, 3.63) is 0 Å². The average molecular weight is 227 g/mol. The Morgan fingerprint density at radius 1 is 1.12 bits per heavy atom. The van der Waals surface area contributed by atoms with Gasteiger partial charge in [0.15, 0.2) is 0 Å². The lowest BCUT2D eigenvalue weighted by Crippen LogP contribution is -2.55. The van der Waals surface area contributed by atoms with Crippen molar-refractivity contribution in [3.63, 3.8) is 0 Å². The van der Waals surface area contributed by atoms with Gasteiger partial charge in [-0.2, -0.15) is 0 Å². The molecule has 1 heterocycles. The predicted octanol–water partition coefficient (Wildman–Crippen LogP) is 1.68. The van der Waals surface area contributed by atoms with Gasteiger partial charge in [-0.25, -0.2) is 0 Å². The van der Waals surface area contributed by atoms with Gasteiger partial charge in [-0.05, 0) is 31.1 Å². The molecule has 0 spiro atoms. The van der Waals surface area contributed by atoms with Crippen molar-refractivity contribution in [2.45, 2.75) is 51.6 Å². The van der Waals surface area contributed by atoms with Crippen molar-refractivity contribution >= 4 is 0 Å². The highest BCUT2D eigenvalue weighted by molar-refractivity contribution is 5.04. The van der Waals surface area contributed by atoms with Crippen LogP contribution in [0.1, 0.15) is 46.0 Å². The van der Waals surface area contributed by atoms with E-state index in [0.29, 0.717) is 25.2 Å². The third kappa shape index (κ3) is 1.89. The zero-order valence-corrected chi connectivity index (χ0v) is 10.6. The molecule has 94 valence electrons. The van der Waals surface area contributed by atoms with Crippen molar-refractivity contribution in [3.8, 4) is 0 Å². The molecule has 16 heavy (non-hydrogen) atoms. The fourth-order valence-electron chi connectivity index (χ4n) is 3.24. The van der Waals surface area contributed by atoms with Gasteiger partial charge in [0.2, 0.25) is 0 Å². The second kappa shape index (κ2) is 3.97. The SMILES string of the molecule is CC1(C)CCC(CN)(C2(O)CCOC2)CC1. The van der Waals surface area contributed by atoms with Crippen LogP contribution < -0.4 is 5.73 Å². The van der Waals surface area contributed by atoms with Gasteiger partial charge in [0.25, 0.3) is 0 Å². The Labute approximate surface area is 98.4 Å².